The van der Waals surface area contributed by atoms with E-state index in [1.807, 2.05) is 13.8 Å². The molecule has 0 unspecified atom stereocenters. The van der Waals surface area contributed by atoms with Crippen molar-refractivity contribution in [1.29, 1.82) is 0 Å². The number of anilines is 1. The molecule has 0 bridgehead atoms. The van der Waals surface area contributed by atoms with Gasteiger partial charge in [0.2, 0.25) is 5.82 Å². The Labute approximate surface area is 167 Å². The summed E-state index contributed by atoms with van der Waals surface area (Å²) in [5.74, 6) is -0.00402. The van der Waals surface area contributed by atoms with Gasteiger partial charge in [0, 0.05) is 17.3 Å². The topological polar surface area (TPSA) is 86.0 Å². The summed E-state index contributed by atoms with van der Waals surface area (Å²) in [5, 5.41) is 12.2. The van der Waals surface area contributed by atoms with Crippen molar-refractivity contribution in [2.75, 3.05) is 11.4 Å². The number of ether oxygens (including phenoxy) is 1. The lowest BCUT2D eigenvalue weighted by Gasteiger charge is -2.14. The van der Waals surface area contributed by atoms with Gasteiger partial charge in [-0.2, -0.15) is 4.80 Å². The number of cyclic esters (lactones) is 1. The van der Waals surface area contributed by atoms with Crippen LogP contribution in [0.5, 0.6) is 0 Å². The largest absolute Gasteiger partial charge is 0.444 e. The molecule has 0 N–H and O–H groups in total. The molecule has 2 aromatic heterocycles. The number of hydrogen-bond acceptors (Lipinski definition) is 6. The van der Waals surface area contributed by atoms with E-state index < -0.39 is 11.9 Å². The summed E-state index contributed by atoms with van der Waals surface area (Å²) >= 11 is 0. The fraction of sp³-hybridized carbons (Fsp3) is 0.350. The Balaban J connectivity index is 1.54. The van der Waals surface area contributed by atoms with Gasteiger partial charge in [0.05, 0.1) is 18.8 Å². The van der Waals surface area contributed by atoms with E-state index in [0.29, 0.717) is 41.4 Å². The average Bonchev–Trinajstić information content (AvgIpc) is 3.35. The lowest BCUT2D eigenvalue weighted by atomic mass is 10.1. The minimum Gasteiger partial charge on any atom is -0.444 e. The maximum atomic E-state index is 14.8. The summed E-state index contributed by atoms with van der Waals surface area (Å²) < 4.78 is 20.0. The Kier molecular flexibility index (Phi) is 5.20. The van der Waals surface area contributed by atoms with E-state index in [1.165, 1.54) is 15.8 Å². The SMILES string of the molecule is CCCn1nnc(-c2ccc(-c3ccc(N4C[C@H](CC)OC4=O)cc3F)cn2)n1. The van der Waals surface area contributed by atoms with Gasteiger partial charge in [-0.05, 0) is 42.3 Å². The molecule has 1 saturated heterocycles. The minimum absolute atomic E-state index is 0.161. The number of aryl methyl sites for hydroxylation is 1. The molecule has 29 heavy (non-hydrogen) atoms. The molecular formula is C20H21FN6O2. The summed E-state index contributed by atoms with van der Waals surface area (Å²) in [4.78, 5) is 19.3. The van der Waals surface area contributed by atoms with Crippen LogP contribution in [-0.4, -0.2) is 43.9 Å². The number of hydrogen-bond donors (Lipinski definition) is 0. The van der Waals surface area contributed by atoms with E-state index in [9.17, 15) is 9.18 Å². The van der Waals surface area contributed by atoms with Gasteiger partial charge in [0.15, 0.2) is 0 Å². The summed E-state index contributed by atoms with van der Waals surface area (Å²) in [6, 6.07) is 8.20. The molecule has 8 nitrogen and oxygen atoms in total. The van der Waals surface area contributed by atoms with Crippen molar-refractivity contribution in [3.8, 4) is 22.6 Å². The van der Waals surface area contributed by atoms with Crippen molar-refractivity contribution in [3.63, 3.8) is 0 Å². The van der Waals surface area contributed by atoms with Crippen LogP contribution in [0.1, 0.15) is 26.7 Å². The number of rotatable bonds is 6. The molecule has 1 atom stereocenters. The second kappa shape index (κ2) is 7.94. The normalized spacial score (nSPS) is 16.3. The third-order valence-corrected chi connectivity index (χ3v) is 4.77. The van der Waals surface area contributed by atoms with E-state index in [4.69, 9.17) is 4.74 Å². The Morgan fingerprint density at radius 3 is 2.76 bits per heavy atom. The summed E-state index contributed by atoms with van der Waals surface area (Å²) in [5.41, 5.74) is 2.07. The highest BCUT2D eigenvalue weighted by molar-refractivity contribution is 5.90. The van der Waals surface area contributed by atoms with E-state index >= 15 is 0 Å². The van der Waals surface area contributed by atoms with Gasteiger partial charge < -0.3 is 4.74 Å². The molecule has 1 amide bonds. The zero-order chi connectivity index (χ0) is 20.4. The maximum absolute atomic E-state index is 14.8. The number of pyridine rings is 1. The average molecular weight is 396 g/mol. The zero-order valence-electron chi connectivity index (χ0n) is 16.2. The number of halogens is 1. The van der Waals surface area contributed by atoms with Crippen LogP contribution < -0.4 is 4.90 Å². The van der Waals surface area contributed by atoms with E-state index in [1.54, 1.807) is 30.5 Å². The molecule has 3 heterocycles. The molecule has 0 aliphatic carbocycles. The van der Waals surface area contributed by atoms with Gasteiger partial charge in [-0.25, -0.2) is 9.18 Å². The summed E-state index contributed by atoms with van der Waals surface area (Å²) in [6.07, 6.45) is 2.60. The van der Waals surface area contributed by atoms with E-state index in [2.05, 4.69) is 20.4 Å². The number of nitrogens with zero attached hydrogens (tertiary/aromatic N) is 6. The maximum Gasteiger partial charge on any atom is 0.414 e. The van der Waals surface area contributed by atoms with Crippen LogP contribution in [0, 0.1) is 5.82 Å². The number of benzene rings is 1. The Morgan fingerprint density at radius 2 is 2.10 bits per heavy atom. The molecule has 1 aliphatic rings. The van der Waals surface area contributed by atoms with Gasteiger partial charge in [-0.15, -0.1) is 10.2 Å². The van der Waals surface area contributed by atoms with E-state index in [0.717, 1.165) is 12.8 Å². The smallest absolute Gasteiger partial charge is 0.414 e. The third kappa shape index (κ3) is 3.80. The van der Waals surface area contributed by atoms with Crippen molar-refractivity contribution >= 4 is 11.8 Å². The van der Waals surface area contributed by atoms with Crippen LogP contribution in [-0.2, 0) is 11.3 Å². The molecule has 1 aliphatic heterocycles. The lowest BCUT2D eigenvalue weighted by molar-refractivity contribution is 0.139. The van der Waals surface area contributed by atoms with Crippen LogP contribution in [0.3, 0.4) is 0 Å². The predicted molar refractivity (Wildman–Crippen MR) is 105 cm³/mol. The molecule has 9 heteroatoms. The number of carbonyl (C=O) groups is 1. The first kappa shape index (κ1) is 19.0. The molecule has 0 spiro atoms. The third-order valence-electron chi connectivity index (χ3n) is 4.77. The van der Waals surface area contributed by atoms with Gasteiger partial charge in [0.1, 0.15) is 17.6 Å². The fourth-order valence-corrected chi connectivity index (χ4v) is 3.18. The molecule has 150 valence electrons. The number of amides is 1. The van der Waals surface area contributed by atoms with Crippen molar-refractivity contribution in [1.82, 2.24) is 25.2 Å². The monoisotopic (exact) mass is 396 g/mol. The number of carbonyl (C=O) groups excluding carboxylic acids is 1. The van der Waals surface area contributed by atoms with Crippen LogP contribution in [0.2, 0.25) is 0 Å². The van der Waals surface area contributed by atoms with Gasteiger partial charge in [-0.1, -0.05) is 19.9 Å². The van der Waals surface area contributed by atoms with Crippen LogP contribution in [0.4, 0.5) is 14.9 Å². The standard InChI is InChI=1S/C20H21FN6O2/c1-3-9-27-24-19(23-25-27)18-8-5-13(11-22-18)16-7-6-14(10-17(16)21)26-12-15(4-2)29-20(26)28/h5-8,10-11,15H,3-4,9,12H2,1-2H3/t15-/m0/s1. The van der Waals surface area contributed by atoms with Crippen molar-refractivity contribution in [3.05, 3.63) is 42.3 Å². The first-order chi connectivity index (χ1) is 14.1. The van der Waals surface area contributed by atoms with Crippen molar-refractivity contribution in [2.24, 2.45) is 0 Å². The van der Waals surface area contributed by atoms with Crippen molar-refractivity contribution in [2.45, 2.75) is 39.3 Å². The number of tetrazole rings is 1. The molecule has 0 radical (unpaired) electrons. The van der Waals surface area contributed by atoms with Gasteiger partial charge >= 0.3 is 6.09 Å². The summed E-state index contributed by atoms with van der Waals surface area (Å²) in [6.45, 7) is 5.09. The Bertz CT molecular complexity index is 1020. The van der Waals surface area contributed by atoms with Crippen molar-refractivity contribution < 1.29 is 13.9 Å². The fourth-order valence-electron chi connectivity index (χ4n) is 3.18. The molecule has 0 saturated carbocycles. The molecular weight excluding hydrogens is 375 g/mol. The highest BCUT2D eigenvalue weighted by Gasteiger charge is 2.31. The minimum atomic E-state index is -0.446. The zero-order valence-corrected chi connectivity index (χ0v) is 16.2. The highest BCUT2D eigenvalue weighted by Crippen LogP contribution is 2.29. The van der Waals surface area contributed by atoms with Gasteiger partial charge in [0.25, 0.3) is 0 Å². The quantitative estimate of drug-likeness (QED) is 0.632. The Hall–Kier alpha value is -3.36. The summed E-state index contributed by atoms with van der Waals surface area (Å²) in [7, 11) is 0. The van der Waals surface area contributed by atoms with Crippen LogP contribution in [0.25, 0.3) is 22.6 Å². The second-order valence-corrected chi connectivity index (χ2v) is 6.83. The lowest BCUT2D eigenvalue weighted by Crippen LogP contribution is -2.24. The molecule has 3 aromatic rings. The van der Waals surface area contributed by atoms with Gasteiger partial charge in [-0.3, -0.25) is 9.88 Å². The van der Waals surface area contributed by atoms with E-state index in [-0.39, 0.29) is 6.10 Å². The second-order valence-electron chi connectivity index (χ2n) is 6.83. The van der Waals surface area contributed by atoms with Crippen LogP contribution in [0.15, 0.2) is 36.5 Å². The Morgan fingerprint density at radius 1 is 1.24 bits per heavy atom. The van der Waals surface area contributed by atoms with Crippen LogP contribution >= 0.6 is 0 Å². The molecule has 1 fully saturated rings. The number of aromatic nitrogens is 5. The molecule has 1 aromatic carbocycles. The molecule has 4 rings (SSSR count). The predicted octanol–water partition coefficient (Wildman–Crippen LogP) is 3.69. The highest BCUT2D eigenvalue weighted by atomic mass is 19.1. The first-order valence-electron chi connectivity index (χ1n) is 9.61. The first-order valence-corrected chi connectivity index (χ1v) is 9.61.